The molecule has 2 aromatic heterocycles. The summed E-state index contributed by atoms with van der Waals surface area (Å²) >= 11 is 12.1. The van der Waals surface area contributed by atoms with Gasteiger partial charge in [-0.2, -0.15) is 4.98 Å². The molecule has 0 amide bonds. The van der Waals surface area contributed by atoms with Gasteiger partial charge in [0.1, 0.15) is 6.54 Å². The molecular weight excluding hydrogens is 419 g/mol. The van der Waals surface area contributed by atoms with E-state index in [1.165, 1.54) is 23.0 Å². The van der Waals surface area contributed by atoms with Crippen LogP contribution in [-0.2, 0) is 6.54 Å². The number of benzene rings is 2. The van der Waals surface area contributed by atoms with Gasteiger partial charge in [0.25, 0.3) is 5.56 Å². The van der Waals surface area contributed by atoms with Gasteiger partial charge in [-0.05, 0) is 30.3 Å². The molecule has 0 aliphatic rings. The molecule has 0 radical (unpaired) electrons. The van der Waals surface area contributed by atoms with Crippen molar-refractivity contribution >= 4 is 34.1 Å². The average Bonchev–Trinajstić information content (AvgIpc) is 3.18. The van der Waals surface area contributed by atoms with E-state index in [-0.39, 0.29) is 18.0 Å². The first-order chi connectivity index (χ1) is 14.0. The molecule has 2 aromatic carbocycles. The van der Waals surface area contributed by atoms with Crippen LogP contribution in [0.2, 0.25) is 10.0 Å². The Hall–Kier alpha value is -3.10. The van der Waals surface area contributed by atoms with E-state index in [9.17, 15) is 4.79 Å². The molecule has 0 atom stereocenters. The van der Waals surface area contributed by atoms with Gasteiger partial charge in [0.15, 0.2) is 11.5 Å². The Morgan fingerprint density at radius 3 is 2.66 bits per heavy atom. The Labute approximate surface area is 174 Å². The lowest BCUT2D eigenvalue weighted by Crippen LogP contribution is -2.21. The lowest BCUT2D eigenvalue weighted by molar-refractivity contribution is 0.355. The molecule has 0 saturated carbocycles. The van der Waals surface area contributed by atoms with Crippen molar-refractivity contribution in [2.45, 2.75) is 6.54 Å². The monoisotopic (exact) mass is 432 g/mol. The van der Waals surface area contributed by atoms with E-state index in [0.29, 0.717) is 43.8 Å². The summed E-state index contributed by atoms with van der Waals surface area (Å²) in [5, 5.41) is 4.95. The highest BCUT2D eigenvalue weighted by Crippen LogP contribution is 2.31. The first kappa shape index (κ1) is 19.2. The van der Waals surface area contributed by atoms with Crippen molar-refractivity contribution < 1.29 is 14.0 Å². The van der Waals surface area contributed by atoms with Crippen LogP contribution < -0.4 is 15.0 Å². The van der Waals surface area contributed by atoms with E-state index in [1.807, 2.05) is 0 Å². The molecule has 4 aromatic rings. The summed E-state index contributed by atoms with van der Waals surface area (Å²) in [5.41, 5.74) is 0.749. The number of ether oxygens (including phenoxy) is 2. The van der Waals surface area contributed by atoms with E-state index >= 15 is 0 Å². The largest absolute Gasteiger partial charge is 0.493 e. The molecule has 0 aliphatic heterocycles. The maximum atomic E-state index is 12.8. The van der Waals surface area contributed by atoms with Crippen molar-refractivity contribution in [3.05, 3.63) is 62.9 Å². The third-order valence-electron chi connectivity index (χ3n) is 4.26. The van der Waals surface area contributed by atoms with Crippen LogP contribution in [0.4, 0.5) is 0 Å². The first-order valence-electron chi connectivity index (χ1n) is 8.39. The molecule has 8 nitrogen and oxygen atoms in total. The van der Waals surface area contributed by atoms with Crippen LogP contribution in [0.1, 0.15) is 5.89 Å². The van der Waals surface area contributed by atoms with Crippen molar-refractivity contribution in [3.63, 3.8) is 0 Å². The van der Waals surface area contributed by atoms with E-state index in [0.717, 1.165) is 0 Å². The third kappa shape index (κ3) is 3.64. The Kier molecular flexibility index (Phi) is 5.12. The number of methoxy groups -OCH3 is 2. The molecule has 29 heavy (non-hydrogen) atoms. The molecular formula is C19H14Cl2N4O4. The minimum Gasteiger partial charge on any atom is -0.493 e. The normalized spacial score (nSPS) is 11.0. The second-order valence-corrected chi connectivity index (χ2v) is 6.89. The zero-order valence-electron chi connectivity index (χ0n) is 15.3. The first-order valence-corrected chi connectivity index (χ1v) is 9.15. The zero-order valence-corrected chi connectivity index (χ0v) is 16.9. The van der Waals surface area contributed by atoms with E-state index < -0.39 is 0 Å². The smallest absolute Gasteiger partial charge is 0.261 e. The maximum Gasteiger partial charge on any atom is 0.261 e. The molecule has 148 valence electrons. The topological polar surface area (TPSA) is 92.3 Å². The maximum absolute atomic E-state index is 12.8. The standard InChI is InChI=1S/C19H14Cl2N4O4/c1-27-14-4-3-10(5-15(14)28-2)18-23-16(29-24-18)8-25-9-22-17-12(19(25)26)6-11(20)7-13(17)21/h3-7,9H,8H2,1-2H3. The fourth-order valence-corrected chi connectivity index (χ4v) is 3.41. The molecule has 0 N–H and O–H groups in total. The summed E-state index contributed by atoms with van der Waals surface area (Å²) in [7, 11) is 3.10. The van der Waals surface area contributed by atoms with Crippen LogP contribution in [0.3, 0.4) is 0 Å². The van der Waals surface area contributed by atoms with Gasteiger partial charge in [-0.3, -0.25) is 9.36 Å². The van der Waals surface area contributed by atoms with Crippen LogP contribution >= 0.6 is 23.2 Å². The fraction of sp³-hybridized carbons (Fsp3) is 0.158. The molecule has 0 bridgehead atoms. The van der Waals surface area contributed by atoms with Gasteiger partial charge in [-0.15, -0.1) is 0 Å². The number of hydrogen-bond acceptors (Lipinski definition) is 7. The van der Waals surface area contributed by atoms with Gasteiger partial charge in [0, 0.05) is 10.6 Å². The Balaban J connectivity index is 1.66. The van der Waals surface area contributed by atoms with Crippen molar-refractivity contribution in [2.75, 3.05) is 14.2 Å². The van der Waals surface area contributed by atoms with E-state index in [4.69, 9.17) is 37.2 Å². The molecule has 10 heteroatoms. The number of halogens is 2. The highest BCUT2D eigenvalue weighted by Gasteiger charge is 2.14. The van der Waals surface area contributed by atoms with Crippen molar-refractivity contribution in [3.8, 4) is 22.9 Å². The Morgan fingerprint density at radius 1 is 1.10 bits per heavy atom. The van der Waals surface area contributed by atoms with Crippen LogP contribution in [0, 0.1) is 0 Å². The summed E-state index contributed by atoms with van der Waals surface area (Å²) in [6, 6.07) is 8.33. The molecule has 0 unspecified atom stereocenters. The van der Waals surface area contributed by atoms with Gasteiger partial charge in [0.05, 0.1) is 36.5 Å². The fourth-order valence-electron chi connectivity index (χ4n) is 2.86. The zero-order chi connectivity index (χ0) is 20.5. The van der Waals surface area contributed by atoms with Gasteiger partial charge >= 0.3 is 0 Å². The van der Waals surface area contributed by atoms with E-state index in [2.05, 4.69) is 15.1 Å². The molecule has 0 spiro atoms. The number of fused-ring (bicyclic) bond motifs is 1. The Bertz CT molecular complexity index is 1270. The number of hydrogen-bond donors (Lipinski definition) is 0. The molecule has 0 saturated heterocycles. The summed E-state index contributed by atoms with van der Waals surface area (Å²) < 4.78 is 17.2. The van der Waals surface area contributed by atoms with Gasteiger partial charge in [-0.25, -0.2) is 4.98 Å². The predicted octanol–water partition coefficient (Wildman–Crippen LogP) is 3.82. The van der Waals surface area contributed by atoms with Crippen LogP contribution in [0.15, 0.2) is 46.0 Å². The second-order valence-electron chi connectivity index (χ2n) is 6.04. The van der Waals surface area contributed by atoms with Crippen LogP contribution in [0.25, 0.3) is 22.3 Å². The van der Waals surface area contributed by atoms with E-state index in [1.54, 1.807) is 32.4 Å². The highest BCUT2D eigenvalue weighted by molar-refractivity contribution is 6.38. The number of aromatic nitrogens is 4. The predicted molar refractivity (Wildman–Crippen MR) is 108 cm³/mol. The van der Waals surface area contributed by atoms with Crippen molar-refractivity contribution in [1.29, 1.82) is 0 Å². The van der Waals surface area contributed by atoms with Gasteiger partial charge < -0.3 is 14.0 Å². The summed E-state index contributed by atoms with van der Waals surface area (Å²) in [4.78, 5) is 21.3. The lowest BCUT2D eigenvalue weighted by Gasteiger charge is -2.07. The van der Waals surface area contributed by atoms with Crippen LogP contribution in [-0.4, -0.2) is 33.9 Å². The lowest BCUT2D eigenvalue weighted by atomic mass is 10.2. The van der Waals surface area contributed by atoms with Gasteiger partial charge in [-0.1, -0.05) is 28.4 Å². The van der Waals surface area contributed by atoms with Crippen LogP contribution in [0.5, 0.6) is 11.5 Å². The molecule has 2 heterocycles. The van der Waals surface area contributed by atoms with Crippen molar-refractivity contribution in [1.82, 2.24) is 19.7 Å². The number of nitrogens with zero attached hydrogens (tertiary/aromatic N) is 4. The summed E-state index contributed by atoms with van der Waals surface area (Å²) in [6.45, 7) is 0.0478. The quantitative estimate of drug-likeness (QED) is 0.473. The Morgan fingerprint density at radius 2 is 1.90 bits per heavy atom. The molecule has 4 rings (SSSR count). The highest BCUT2D eigenvalue weighted by atomic mass is 35.5. The minimum atomic E-state index is -0.315. The third-order valence-corrected chi connectivity index (χ3v) is 4.77. The van der Waals surface area contributed by atoms with Gasteiger partial charge in [0.2, 0.25) is 11.7 Å². The number of rotatable bonds is 5. The minimum absolute atomic E-state index is 0.0478. The SMILES string of the molecule is COc1ccc(-c2noc(Cn3cnc4c(Cl)cc(Cl)cc4c3=O)n2)cc1OC. The summed E-state index contributed by atoms with van der Waals surface area (Å²) in [6.07, 6.45) is 1.38. The molecule has 0 aliphatic carbocycles. The average molecular weight is 433 g/mol. The molecule has 0 fully saturated rings. The van der Waals surface area contributed by atoms with Crippen molar-refractivity contribution in [2.24, 2.45) is 0 Å². The second kappa shape index (κ2) is 7.73. The summed E-state index contributed by atoms with van der Waals surface area (Å²) in [5.74, 6) is 1.73.